The van der Waals surface area contributed by atoms with Crippen molar-refractivity contribution >= 4 is 47.5 Å². The first-order valence-corrected chi connectivity index (χ1v) is 14.2. The van der Waals surface area contributed by atoms with E-state index in [4.69, 9.17) is 7.85 Å². The van der Waals surface area contributed by atoms with Crippen LogP contribution in [0.2, 0.25) is 0 Å². The quantitative estimate of drug-likeness (QED) is 0.207. The topological polar surface area (TPSA) is 6.48 Å². The molecule has 0 saturated carbocycles. The van der Waals surface area contributed by atoms with Gasteiger partial charge in [0.15, 0.2) is 0 Å². The molecular weight excluding hydrogens is 507 g/mol. The van der Waals surface area contributed by atoms with Gasteiger partial charge in [-0.3, -0.25) is 0 Å². The number of fused-ring (bicyclic) bond motifs is 1. The van der Waals surface area contributed by atoms with E-state index in [0.717, 1.165) is 50.2 Å². The molecule has 0 saturated heterocycles. The minimum Gasteiger partial charge on any atom is -0.313 e. The Morgan fingerprint density at radius 3 is 1.50 bits per heavy atom. The molecule has 1 aliphatic carbocycles. The summed E-state index contributed by atoms with van der Waals surface area (Å²) in [6, 6.07) is 48.2. The van der Waals surface area contributed by atoms with E-state index < -0.39 is 0 Å². The number of rotatable bonds is 6. The van der Waals surface area contributed by atoms with Crippen LogP contribution in [0.15, 0.2) is 176 Å². The van der Waals surface area contributed by atoms with E-state index in [2.05, 4.69) is 162 Å². The molecule has 0 N–H and O–H groups in total. The normalized spacial score (nSPS) is 17.1. The molecule has 5 aromatic carbocycles. The van der Waals surface area contributed by atoms with E-state index in [0.29, 0.717) is 11.9 Å². The first-order chi connectivity index (χ1) is 20.7. The van der Waals surface area contributed by atoms with Crippen LogP contribution in [0, 0.1) is 0 Å². The second kappa shape index (κ2) is 12.5. The van der Waals surface area contributed by atoms with Crippen molar-refractivity contribution in [3.63, 3.8) is 0 Å². The Kier molecular flexibility index (Phi) is 8.01. The summed E-state index contributed by atoms with van der Waals surface area (Å²) in [6.07, 6.45) is 9.15. The third-order valence-corrected chi connectivity index (χ3v) is 7.32. The molecule has 6 rings (SSSR count). The fourth-order valence-electron chi connectivity index (χ4n) is 5.45. The van der Waals surface area contributed by atoms with Crippen molar-refractivity contribution in [3.8, 4) is 0 Å². The standard InChI is InChI=1S/C39H31BN2/c1-30-17-7-2-16-26-38(41(32-18-8-3-9-19-32)33-20-10-4-11-21-33)37-29-31(40)27-28-36(37)39(30)42(34-22-12-5-13-23-34)35-24-14-6-15-25-35/h2-25,27-29H,1,26H2/b16-2-,17-7-,38-37+,39-36-. The van der Waals surface area contributed by atoms with E-state index in [1.807, 2.05) is 18.2 Å². The number of benzene rings is 5. The zero-order valence-corrected chi connectivity index (χ0v) is 23.5. The molecule has 1 aliphatic rings. The molecule has 200 valence electrons. The van der Waals surface area contributed by atoms with E-state index in [9.17, 15) is 0 Å². The maximum atomic E-state index is 6.55. The molecule has 0 fully saturated rings. The molecule has 42 heavy (non-hydrogen) atoms. The highest BCUT2D eigenvalue weighted by atomic mass is 15.2. The van der Waals surface area contributed by atoms with Crippen molar-refractivity contribution in [1.82, 2.24) is 0 Å². The van der Waals surface area contributed by atoms with Crippen LogP contribution in [-0.4, -0.2) is 7.85 Å². The van der Waals surface area contributed by atoms with Crippen molar-refractivity contribution in [2.45, 2.75) is 6.42 Å². The summed E-state index contributed by atoms with van der Waals surface area (Å²) in [5, 5.41) is 2.10. The predicted octanol–water partition coefficient (Wildman–Crippen LogP) is 7.45. The van der Waals surface area contributed by atoms with Crippen LogP contribution in [0.3, 0.4) is 0 Å². The van der Waals surface area contributed by atoms with Gasteiger partial charge in [0.25, 0.3) is 0 Å². The smallest absolute Gasteiger partial charge is 0.113 e. The maximum Gasteiger partial charge on any atom is 0.113 e. The molecular formula is C39H31BN2. The Morgan fingerprint density at radius 1 is 0.524 bits per heavy atom. The molecule has 0 amide bonds. The minimum absolute atomic E-state index is 0.695. The van der Waals surface area contributed by atoms with Crippen LogP contribution in [0.4, 0.5) is 22.7 Å². The average molecular weight is 539 g/mol. The molecule has 2 radical (unpaired) electrons. The highest BCUT2D eigenvalue weighted by Crippen LogP contribution is 2.34. The third kappa shape index (κ3) is 5.63. The summed E-state index contributed by atoms with van der Waals surface area (Å²) in [6.45, 7) is 4.60. The Morgan fingerprint density at radius 2 is 1.00 bits per heavy atom. The number of nitrogens with zero attached hydrogens (tertiary/aromatic N) is 2. The van der Waals surface area contributed by atoms with Crippen LogP contribution in [0.1, 0.15) is 6.42 Å². The Hall–Kier alpha value is -5.28. The van der Waals surface area contributed by atoms with Gasteiger partial charge in [-0.15, -0.1) is 0 Å². The van der Waals surface area contributed by atoms with Gasteiger partial charge >= 0.3 is 0 Å². The molecule has 2 nitrogen and oxygen atoms in total. The highest BCUT2D eigenvalue weighted by molar-refractivity contribution is 6.32. The van der Waals surface area contributed by atoms with Gasteiger partial charge in [0, 0.05) is 45.3 Å². The van der Waals surface area contributed by atoms with E-state index >= 15 is 0 Å². The van der Waals surface area contributed by atoms with Gasteiger partial charge < -0.3 is 9.80 Å². The summed E-state index contributed by atoms with van der Waals surface area (Å²) in [5.41, 5.74) is 7.97. The molecule has 0 bridgehead atoms. The van der Waals surface area contributed by atoms with Crippen molar-refractivity contribution in [1.29, 1.82) is 0 Å². The summed E-state index contributed by atoms with van der Waals surface area (Å²) in [7, 11) is 6.55. The second-order valence-corrected chi connectivity index (χ2v) is 10.1. The third-order valence-electron chi connectivity index (χ3n) is 7.32. The van der Waals surface area contributed by atoms with Gasteiger partial charge in [-0.1, -0.05) is 127 Å². The van der Waals surface area contributed by atoms with Gasteiger partial charge in [0.05, 0.1) is 5.70 Å². The van der Waals surface area contributed by atoms with Gasteiger partial charge in [-0.05, 0) is 54.1 Å². The molecule has 0 aromatic heterocycles. The Balaban J connectivity index is 1.78. The lowest BCUT2D eigenvalue weighted by atomic mass is 9.92. The summed E-state index contributed by atoms with van der Waals surface area (Å²) in [5.74, 6) is 0. The van der Waals surface area contributed by atoms with Gasteiger partial charge in [0.1, 0.15) is 7.85 Å². The summed E-state index contributed by atoms with van der Waals surface area (Å²) < 4.78 is 0. The van der Waals surface area contributed by atoms with Gasteiger partial charge in [0.2, 0.25) is 0 Å². The van der Waals surface area contributed by atoms with Gasteiger partial charge in [-0.25, -0.2) is 0 Å². The van der Waals surface area contributed by atoms with Crippen molar-refractivity contribution in [2.24, 2.45) is 0 Å². The molecule has 5 aromatic rings. The lowest BCUT2D eigenvalue weighted by molar-refractivity contribution is 1.18. The van der Waals surface area contributed by atoms with Crippen molar-refractivity contribution in [3.05, 3.63) is 186 Å². The van der Waals surface area contributed by atoms with E-state index in [1.54, 1.807) is 0 Å². The first kappa shape index (κ1) is 26.9. The second-order valence-electron chi connectivity index (χ2n) is 10.1. The zero-order valence-electron chi connectivity index (χ0n) is 23.5. The number of allylic oxidation sites excluding steroid dienone is 2. The summed E-state index contributed by atoms with van der Waals surface area (Å²) in [4.78, 5) is 4.63. The van der Waals surface area contributed by atoms with Crippen molar-refractivity contribution < 1.29 is 0 Å². The molecule has 0 spiro atoms. The minimum atomic E-state index is 0.695. The van der Waals surface area contributed by atoms with Crippen LogP contribution < -0.4 is 25.7 Å². The molecule has 0 heterocycles. The molecule has 0 aliphatic heterocycles. The monoisotopic (exact) mass is 538 g/mol. The predicted molar refractivity (Wildman–Crippen MR) is 180 cm³/mol. The lowest BCUT2D eigenvalue weighted by Crippen LogP contribution is -2.40. The Labute approximate surface area is 249 Å². The number of hydrogen-bond donors (Lipinski definition) is 0. The fraction of sp³-hybridized carbons (Fsp3) is 0.0256. The summed E-state index contributed by atoms with van der Waals surface area (Å²) >= 11 is 0. The SMILES string of the molecule is [B]c1ccc2/c(c1)=C(/N(c1ccccc1)c1ccccc1)C/C=C\C=C/C(=C)/C=2N(c1ccccc1)c1ccccc1. The number of hydrogen-bond acceptors (Lipinski definition) is 2. The number of anilines is 4. The highest BCUT2D eigenvalue weighted by Gasteiger charge is 2.20. The van der Waals surface area contributed by atoms with E-state index in [-0.39, 0.29) is 0 Å². The Bertz CT molecular complexity index is 1780. The lowest BCUT2D eigenvalue weighted by Gasteiger charge is -2.31. The van der Waals surface area contributed by atoms with Crippen LogP contribution >= 0.6 is 0 Å². The number of para-hydroxylation sites is 4. The fourth-order valence-corrected chi connectivity index (χ4v) is 5.45. The van der Waals surface area contributed by atoms with Crippen LogP contribution in [-0.2, 0) is 0 Å². The zero-order chi connectivity index (χ0) is 28.7. The largest absolute Gasteiger partial charge is 0.313 e. The van der Waals surface area contributed by atoms with Gasteiger partial charge in [-0.2, -0.15) is 0 Å². The average Bonchev–Trinajstić information content (AvgIpc) is 3.04. The van der Waals surface area contributed by atoms with Crippen molar-refractivity contribution in [2.75, 3.05) is 9.80 Å². The first-order valence-electron chi connectivity index (χ1n) is 14.2. The molecule has 0 atom stereocenters. The molecule has 0 unspecified atom stereocenters. The van der Waals surface area contributed by atoms with Crippen LogP contribution in [0.25, 0.3) is 11.4 Å². The van der Waals surface area contributed by atoms with E-state index in [1.165, 1.54) is 0 Å². The molecule has 3 heteroatoms. The van der Waals surface area contributed by atoms with Crippen LogP contribution in [0.5, 0.6) is 0 Å². The maximum absolute atomic E-state index is 6.55.